The third-order valence-electron chi connectivity index (χ3n) is 7.68. The quantitative estimate of drug-likeness (QED) is 0.133. The van der Waals surface area contributed by atoms with E-state index in [-0.39, 0.29) is 18.2 Å². The molecule has 2 atom stereocenters. The molecule has 7 nitrogen and oxygen atoms in total. The Bertz CT molecular complexity index is 1470. The SMILES string of the molecule is C#Cc1ccccc1C(C(=O)Nc1ccccc1C)N(CCCCCCCC)C(=O)C(Cc1ccccc1)NC(=O)OC(C)(C)C. The third-order valence-corrected chi connectivity index (χ3v) is 7.68. The molecule has 0 saturated carbocycles. The van der Waals surface area contributed by atoms with E-state index in [2.05, 4.69) is 23.5 Å². The topological polar surface area (TPSA) is 87.7 Å². The summed E-state index contributed by atoms with van der Waals surface area (Å²) in [6.45, 7) is 9.71. The number of amides is 3. The molecule has 2 unspecified atom stereocenters. The summed E-state index contributed by atoms with van der Waals surface area (Å²) in [4.78, 5) is 43.8. The van der Waals surface area contributed by atoms with Crippen molar-refractivity contribution in [1.82, 2.24) is 10.2 Å². The number of rotatable bonds is 15. The van der Waals surface area contributed by atoms with Crippen LogP contribution in [0.15, 0.2) is 78.9 Å². The van der Waals surface area contributed by atoms with E-state index in [0.29, 0.717) is 29.8 Å². The lowest BCUT2D eigenvalue weighted by atomic mass is 9.96. The number of unbranched alkanes of at least 4 members (excludes halogenated alkanes) is 5. The van der Waals surface area contributed by atoms with Crippen molar-refractivity contribution in [1.29, 1.82) is 0 Å². The van der Waals surface area contributed by atoms with Crippen LogP contribution in [-0.2, 0) is 20.7 Å². The number of para-hydroxylation sites is 1. The number of ether oxygens (including phenoxy) is 1. The largest absolute Gasteiger partial charge is 0.444 e. The first-order valence-electron chi connectivity index (χ1n) is 16.3. The van der Waals surface area contributed by atoms with Gasteiger partial charge in [-0.25, -0.2) is 4.79 Å². The van der Waals surface area contributed by atoms with Crippen molar-refractivity contribution >= 4 is 23.6 Å². The molecule has 0 radical (unpaired) electrons. The number of nitrogens with zero attached hydrogens (tertiary/aromatic N) is 1. The number of hydrogen-bond acceptors (Lipinski definition) is 4. The summed E-state index contributed by atoms with van der Waals surface area (Å²) in [6, 6.07) is 22.2. The number of terminal acetylenes is 1. The van der Waals surface area contributed by atoms with Crippen molar-refractivity contribution in [2.45, 2.75) is 97.2 Å². The summed E-state index contributed by atoms with van der Waals surface area (Å²) in [5.41, 5.74) is 2.71. The second-order valence-corrected chi connectivity index (χ2v) is 12.6. The lowest BCUT2D eigenvalue weighted by Crippen LogP contribution is -2.53. The van der Waals surface area contributed by atoms with Crippen LogP contribution in [0.25, 0.3) is 0 Å². The smallest absolute Gasteiger partial charge is 0.408 e. The third kappa shape index (κ3) is 11.1. The molecule has 46 heavy (non-hydrogen) atoms. The maximum atomic E-state index is 14.8. The van der Waals surface area contributed by atoms with Crippen LogP contribution in [0, 0.1) is 19.3 Å². The highest BCUT2D eigenvalue weighted by Crippen LogP contribution is 2.29. The lowest BCUT2D eigenvalue weighted by Gasteiger charge is -2.35. The lowest BCUT2D eigenvalue weighted by molar-refractivity contribution is -0.140. The summed E-state index contributed by atoms with van der Waals surface area (Å²) in [6.07, 6.45) is 11.5. The minimum atomic E-state index is -1.05. The molecule has 3 rings (SSSR count). The fourth-order valence-electron chi connectivity index (χ4n) is 5.36. The summed E-state index contributed by atoms with van der Waals surface area (Å²) in [7, 11) is 0. The van der Waals surface area contributed by atoms with Crippen LogP contribution in [0.3, 0.4) is 0 Å². The van der Waals surface area contributed by atoms with Gasteiger partial charge in [0.2, 0.25) is 5.91 Å². The van der Waals surface area contributed by atoms with Crippen molar-refractivity contribution in [3.8, 4) is 12.3 Å². The fourth-order valence-corrected chi connectivity index (χ4v) is 5.36. The van der Waals surface area contributed by atoms with Gasteiger partial charge in [0.25, 0.3) is 5.91 Å². The zero-order valence-corrected chi connectivity index (χ0v) is 28.0. The van der Waals surface area contributed by atoms with Gasteiger partial charge in [-0.15, -0.1) is 6.42 Å². The zero-order chi connectivity index (χ0) is 33.5. The Morgan fingerprint density at radius 1 is 0.870 bits per heavy atom. The molecule has 244 valence electrons. The second-order valence-electron chi connectivity index (χ2n) is 12.6. The molecule has 0 bridgehead atoms. The Labute approximate surface area is 275 Å². The number of anilines is 1. The van der Waals surface area contributed by atoms with Crippen LogP contribution in [0.4, 0.5) is 10.5 Å². The van der Waals surface area contributed by atoms with Crippen LogP contribution in [0.1, 0.15) is 94.5 Å². The molecule has 7 heteroatoms. The molecule has 0 aliphatic rings. The Morgan fingerprint density at radius 2 is 1.50 bits per heavy atom. The summed E-state index contributed by atoms with van der Waals surface area (Å²) in [5.74, 6) is 1.94. The van der Waals surface area contributed by atoms with Crippen molar-refractivity contribution in [2.24, 2.45) is 0 Å². The molecule has 0 heterocycles. The number of aryl methyl sites for hydroxylation is 1. The van der Waals surface area contributed by atoms with E-state index < -0.39 is 23.8 Å². The monoisotopic (exact) mass is 623 g/mol. The number of alkyl carbamates (subject to hydrolysis) is 1. The molecule has 0 aromatic heterocycles. The van der Waals surface area contributed by atoms with Gasteiger partial charge in [0, 0.05) is 24.2 Å². The van der Waals surface area contributed by atoms with Gasteiger partial charge < -0.3 is 20.3 Å². The van der Waals surface area contributed by atoms with E-state index >= 15 is 0 Å². The van der Waals surface area contributed by atoms with Crippen molar-refractivity contribution in [3.05, 3.63) is 101 Å². The van der Waals surface area contributed by atoms with E-state index in [1.54, 1.807) is 37.8 Å². The molecule has 0 aliphatic carbocycles. The highest BCUT2D eigenvalue weighted by atomic mass is 16.6. The molecule has 0 spiro atoms. The Balaban J connectivity index is 2.09. The number of carbonyl (C=O) groups is 3. The van der Waals surface area contributed by atoms with Gasteiger partial charge in [-0.05, 0) is 62.9 Å². The molecular weight excluding hydrogens is 574 g/mol. The van der Waals surface area contributed by atoms with E-state index in [9.17, 15) is 14.4 Å². The minimum Gasteiger partial charge on any atom is -0.444 e. The zero-order valence-electron chi connectivity index (χ0n) is 28.0. The average molecular weight is 624 g/mol. The number of benzene rings is 3. The Morgan fingerprint density at radius 3 is 2.17 bits per heavy atom. The van der Waals surface area contributed by atoms with Crippen LogP contribution in [0.2, 0.25) is 0 Å². The second kappa shape index (κ2) is 17.8. The van der Waals surface area contributed by atoms with Gasteiger partial charge in [-0.2, -0.15) is 0 Å². The highest BCUT2D eigenvalue weighted by Gasteiger charge is 2.37. The molecule has 3 amide bonds. The number of nitrogens with one attached hydrogen (secondary N) is 2. The minimum absolute atomic E-state index is 0.217. The van der Waals surface area contributed by atoms with E-state index in [4.69, 9.17) is 11.2 Å². The normalized spacial score (nSPS) is 12.3. The summed E-state index contributed by atoms with van der Waals surface area (Å²) in [5, 5.41) is 5.89. The molecule has 0 saturated heterocycles. The van der Waals surface area contributed by atoms with Gasteiger partial charge in [-0.3, -0.25) is 9.59 Å². The Kier molecular flexibility index (Phi) is 13.9. The van der Waals surface area contributed by atoms with Crippen LogP contribution in [0.5, 0.6) is 0 Å². The highest BCUT2D eigenvalue weighted by molar-refractivity contribution is 5.99. The van der Waals surface area contributed by atoms with Crippen molar-refractivity contribution in [3.63, 3.8) is 0 Å². The van der Waals surface area contributed by atoms with Crippen molar-refractivity contribution in [2.75, 3.05) is 11.9 Å². The van der Waals surface area contributed by atoms with Crippen LogP contribution < -0.4 is 10.6 Å². The van der Waals surface area contributed by atoms with Gasteiger partial charge in [0.15, 0.2) is 0 Å². The van der Waals surface area contributed by atoms with Crippen molar-refractivity contribution < 1.29 is 19.1 Å². The molecule has 3 aromatic carbocycles. The van der Waals surface area contributed by atoms with Gasteiger partial charge in [-0.1, -0.05) is 112 Å². The van der Waals surface area contributed by atoms with Gasteiger partial charge in [0.1, 0.15) is 17.7 Å². The molecule has 0 fully saturated rings. The standard InChI is InChI=1S/C39H49N3O4/c1-7-9-10-11-12-20-27-42(37(44)34(28-30-22-14-13-15-23-30)41-38(45)46-39(4,5)6)35(32-25-18-17-24-31(32)8-2)36(43)40-33-26-19-16-21-29(33)3/h2,13-19,21-26,34-35H,7,9-12,20,27-28H2,1,3-6H3,(H,40,43)(H,41,45). The predicted molar refractivity (Wildman–Crippen MR) is 185 cm³/mol. The molecule has 2 N–H and O–H groups in total. The Hall–Kier alpha value is -4.57. The maximum Gasteiger partial charge on any atom is 0.408 e. The van der Waals surface area contributed by atoms with Gasteiger partial charge >= 0.3 is 6.09 Å². The predicted octanol–water partition coefficient (Wildman–Crippen LogP) is 7.98. The first-order valence-corrected chi connectivity index (χ1v) is 16.3. The van der Waals surface area contributed by atoms with Gasteiger partial charge in [0.05, 0.1) is 0 Å². The summed E-state index contributed by atoms with van der Waals surface area (Å²) >= 11 is 0. The molecule has 3 aromatic rings. The first-order chi connectivity index (χ1) is 22.0. The number of hydrogen-bond donors (Lipinski definition) is 2. The molecule has 0 aliphatic heterocycles. The van der Waals surface area contributed by atoms with E-state index in [1.165, 1.54) is 0 Å². The fraction of sp³-hybridized carbons (Fsp3) is 0.410. The van der Waals surface area contributed by atoms with E-state index in [0.717, 1.165) is 43.2 Å². The number of carbonyl (C=O) groups excluding carboxylic acids is 3. The van der Waals surface area contributed by atoms with Crippen LogP contribution >= 0.6 is 0 Å². The first kappa shape index (κ1) is 35.9. The van der Waals surface area contributed by atoms with E-state index in [1.807, 2.05) is 73.7 Å². The summed E-state index contributed by atoms with van der Waals surface area (Å²) < 4.78 is 5.57. The average Bonchev–Trinajstić information content (AvgIpc) is 3.02. The maximum absolute atomic E-state index is 14.8. The molecular formula is C39H49N3O4. The van der Waals surface area contributed by atoms with Crippen LogP contribution in [-0.4, -0.2) is 41.0 Å².